The molecule has 92 valence electrons. The van der Waals surface area contributed by atoms with Gasteiger partial charge in [0, 0.05) is 24.7 Å². The molecule has 1 fully saturated rings. The molecule has 1 saturated heterocycles. The van der Waals surface area contributed by atoms with Gasteiger partial charge in [-0.3, -0.25) is 4.79 Å². The minimum absolute atomic E-state index is 0.0962. The van der Waals surface area contributed by atoms with Crippen LogP contribution in [0.5, 0.6) is 0 Å². The fourth-order valence-electron chi connectivity index (χ4n) is 2.09. The largest absolute Gasteiger partial charge is 0.465 e. The van der Waals surface area contributed by atoms with Gasteiger partial charge in [0.15, 0.2) is 5.82 Å². The third kappa shape index (κ3) is 2.46. The van der Waals surface area contributed by atoms with Gasteiger partial charge < -0.3 is 15.0 Å². The highest BCUT2D eigenvalue weighted by molar-refractivity contribution is 5.65. The number of carboxylic acid groups (broad SMARTS) is 1. The molecule has 0 radical (unpaired) electrons. The number of carbonyl (C=O) groups is 1. The van der Waals surface area contributed by atoms with Gasteiger partial charge in [0.05, 0.1) is 0 Å². The van der Waals surface area contributed by atoms with E-state index < -0.39 is 17.5 Å². The van der Waals surface area contributed by atoms with Gasteiger partial charge in [0.1, 0.15) is 0 Å². The Kier molecular flexibility index (Phi) is 3.12. The van der Waals surface area contributed by atoms with E-state index in [2.05, 4.69) is 4.98 Å². The van der Waals surface area contributed by atoms with Gasteiger partial charge in [-0.15, -0.1) is 0 Å². The molecule has 1 aromatic rings. The van der Waals surface area contributed by atoms with Crippen LogP contribution in [0.15, 0.2) is 16.9 Å². The summed E-state index contributed by atoms with van der Waals surface area (Å²) < 4.78 is 12.8. The average Bonchev–Trinajstić information content (AvgIpc) is 2.33. The summed E-state index contributed by atoms with van der Waals surface area (Å²) in [6.45, 7) is 0.888. The van der Waals surface area contributed by atoms with Gasteiger partial charge in [0.2, 0.25) is 0 Å². The third-order valence-corrected chi connectivity index (χ3v) is 3.09. The third-order valence-electron chi connectivity index (χ3n) is 3.09. The van der Waals surface area contributed by atoms with Crippen LogP contribution >= 0.6 is 0 Å². The van der Waals surface area contributed by atoms with Crippen molar-refractivity contribution in [2.75, 3.05) is 13.1 Å². The maximum Gasteiger partial charge on any atom is 0.407 e. The van der Waals surface area contributed by atoms with Crippen molar-refractivity contribution < 1.29 is 14.3 Å². The van der Waals surface area contributed by atoms with Crippen molar-refractivity contribution in [1.29, 1.82) is 0 Å². The maximum absolute atomic E-state index is 12.8. The molecule has 17 heavy (non-hydrogen) atoms. The molecule has 1 aliphatic heterocycles. The second-order valence-corrected chi connectivity index (χ2v) is 4.13. The Morgan fingerprint density at radius 3 is 2.59 bits per heavy atom. The molecule has 1 amide bonds. The number of likely N-dealkylation sites (tertiary alicyclic amines) is 1. The number of aromatic amines is 1. The summed E-state index contributed by atoms with van der Waals surface area (Å²) in [4.78, 5) is 25.7. The van der Waals surface area contributed by atoms with Crippen LogP contribution in [0.2, 0.25) is 0 Å². The first-order valence-corrected chi connectivity index (χ1v) is 5.44. The lowest BCUT2D eigenvalue weighted by Crippen LogP contribution is -2.37. The van der Waals surface area contributed by atoms with Crippen LogP contribution in [0.4, 0.5) is 9.18 Å². The minimum Gasteiger partial charge on any atom is -0.465 e. The lowest BCUT2D eigenvalue weighted by atomic mass is 9.93. The summed E-state index contributed by atoms with van der Waals surface area (Å²) in [6.07, 6.45) is 0.373. The predicted molar refractivity (Wildman–Crippen MR) is 58.6 cm³/mol. The first-order chi connectivity index (χ1) is 8.08. The Morgan fingerprint density at radius 2 is 2.06 bits per heavy atom. The van der Waals surface area contributed by atoms with Crippen molar-refractivity contribution in [3.8, 4) is 0 Å². The number of piperidine rings is 1. The van der Waals surface area contributed by atoms with Gasteiger partial charge in [-0.05, 0) is 25.0 Å². The second kappa shape index (κ2) is 4.57. The van der Waals surface area contributed by atoms with Gasteiger partial charge >= 0.3 is 6.09 Å². The molecule has 0 atom stereocenters. The molecule has 1 aromatic heterocycles. The summed E-state index contributed by atoms with van der Waals surface area (Å²) in [5.74, 6) is -0.698. The molecule has 0 spiro atoms. The van der Waals surface area contributed by atoms with Crippen molar-refractivity contribution in [3.05, 3.63) is 34.0 Å². The van der Waals surface area contributed by atoms with Crippen LogP contribution in [-0.2, 0) is 0 Å². The van der Waals surface area contributed by atoms with Gasteiger partial charge in [-0.1, -0.05) is 0 Å². The molecule has 2 heterocycles. The highest BCUT2D eigenvalue weighted by atomic mass is 19.1. The fraction of sp³-hybridized carbons (Fsp3) is 0.455. The maximum atomic E-state index is 12.8. The highest BCUT2D eigenvalue weighted by Crippen LogP contribution is 2.25. The number of amides is 1. The molecular formula is C11H13FN2O3. The molecule has 0 aliphatic carbocycles. The van der Waals surface area contributed by atoms with E-state index in [0.717, 1.165) is 6.07 Å². The smallest absolute Gasteiger partial charge is 0.407 e. The number of hydrogen-bond donors (Lipinski definition) is 2. The monoisotopic (exact) mass is 240 g/mol. The molecule has 2 N–H and O–H groups in total. The molecule has 0 saturated carbocycles. The Balaban J connectivity index is 2.08. The van der Waals surface area contributed by atoms with Crippen molar-refractivity contribution >= 4 is 6.09 Å². The molecule has 0 aromatic carbocycles. The quantitative estimate of drug-likeness (QED) is 0.778. The Morgan fingerprint density at radius 1 is 1.41 bits per heavy atom. The lowest BCUT2D eigenvalue weighted by Gasteiger charge is -2.29. The zero-order valence-electron chi connectivity index (χ0n) is 9.15. The minimum atomic E-state index is -0.920. The first kappa shape index (κ1) is 11.6. The predicted octanol–water partition coefficient (Wildman–Crippen LogP) is 1.37. The number of rotatable bonds is 1. The van der Waals surface area contributed by atoms with Gasteiger partial charge in [-0.25, -0.2) is 9.18 Å². The number of aromatic nitrogens is 1. The molecule has 6 heteroatoms. The van der Waals surface area contributed by atoms with Crippen LogP contribution in [0.3, 0.4) is 0 Å². The van der Waals surface area contributed by atoms with Crippen LogP contribution in [-0.4, -0.2) is 34.2 Å². The molecular weight excluding hydrogens is 227 g/mol. The average molecular weight is 240 g/mol. The van der Waals surface area contributed by atoms with Crippen molar-refractivity contribution in [1.82, 2.24) is 9.88 Å². The number of hydrogen-bond acceptors (Lipinski definition) is 2. The number of H-pyrrole nitrogens is 1. The van der Waals surface area contributed by atoms with E-state index in [1.54, 1.807) is 6.07 Å². The number of nitrogens with one attached hydrogen (secondary N) is 1. The zero-order chi connectivity index (χ0) is 12.4. The standard InChI is InChI=1S/C11H13FN2O3/c12-8-1-2-9(13-10(8)15)7-3-5-14(6-4-7)11(16)17/h1-2,7H,3-6H2,(H,13,15)(H,16,17). The second-order valence-electron chi connectivity index (χ2n) is 4.13. The molecule has 0 bridgehead atoms. The van der Waals surface area contributed by atoms with Gasteiger partial charge in [0.25, 0.3) is 5.56 Å². The molecule has 5 nitrogen and oxygen atoms in total. The van der Waals surface area contributed by atoms with Crippen LogP contribution in [0.25, 0.3) is 0 Å². The first-order valence-electron chi connectivity index (χ1n) is 5.44. The lowest BCUT2D eigenvalue weighted by molar-refractivity contribution is 0.131. The SMILES string of the molecule is O=C(O)N1CCC(c2ccc(F)c(=O)[nH]2)CC1. The number of halogens is 1. The van der Waals surface area contributed by atoms with Crippen molar-refractivity contribution in [3.63, 3.8) is 0 Å². The van der Waals surface area contributed by atoms with Crippen LogP contribution < -0.4 is 5.56 Å². The Hall–Kier alpha value is -1.85. The molecule has 2 rings (SSSR count). The van der Waals surface area contributed by atoms with E-state index in [1.165, 1.54) is 4.90 Å². The van der Waals surface area contributed by atoms with Crippen LogP contribution in [0, 0.1) is 5.82 Å². The van der Waals surface area contributed by atoms with Crippen molar-refractivity contribution in [2.24, 2.45) is 0 Å². The van der Waals surface area contributed by atoms with Crippen molar-refractivity contribution in [2.45, 2.75) is 18.8 Å². The van der Waals surface area contributed by atoms with E-state index >= 15 is 0 Å². The summed E-state index contributed by atoms with van der Waals surface area (Å²) in [7, 11) is 0. The van der Waals surface area contributed by atoms with Crippen LogP contribution in [0.1, 0.15) is 24.5 Å². The highest BCUT2D eigenvalue weighted by Gasteiger charge is 2.23. The normalized spacial score (nSPS) is 17.1. The van der Waals surface area contributed by atoms with E-state index in [1.807, 2.05) is 0 Å². The van der Waals surface area contributed by atoms with E-state index in [-0.39, 0.29) is 5.92 Å². The Bertz CT molecular complexity index is 478. The molecule has 1 aliphatic rings. The van der Waals surface area contributed by atoms with E-state index in [9.17, 15) is 14.0 Å². The Labute approximate surface area is 96.9 Å². The van der Waals surface area contributed by atoms with E-state index in [0.29, 0.717) is 31.6 Å². The number of pyridine rings is 1. The van der Waals surface area contributed by atoms with Gasteiger partial charge in [-0.2, -0.15) is 0 Å². The van der Waals surface area contributed by atoms with E-state index in [4.69, 9.17) is 5.11 Å². The zero-order valence-corrected chi connectivity index (χ0v) is 9.15. The number of nitrogens with zero attached hydrogens (tertiary/aromatic N) is 1. The summed E-state index contributed by atoms with van der Waals surface area (Å²) in [5.41, 5.74) is -0.0374. The molecule has 0 unspecified atom stereocenters. The fourth-order valence-corrected chi connectivity index (χ4v) is 2.09. The topological polar surface area (TPSA) is 73.4 Å². The summed E-state index contributed by atoms with van der Waals surface area (Å²) in [6, 6.07) is 2.70. The summed E-state index contributed by atoms with van der Waals surface area (Å²) in [5, 5.41) is 8.79. The summed E-state index contributed by atoms with van der Waals surface area (Å²) >= 11 is 0.